The zero-order chi connectivity index (χ0) is 13.8. The number of likely N-dealkylation sites (tertiary alicyclic amines) is 1. The first kappa shape index (κ1) is 14.5. The zero-order valence-corrected chi connectivity index (χ0v) is 12.0. The minimum Gasteiger partial charge on any atom is -0.396 e. The van der Waals surface area contributed by atoms with Crippen molar-refractivity contribution >= 4 is 0 Å². The van der Waals surface area contributed by atoms with Crippen LogP contribution in [0.3, 0.4) is 0 Å². The Morgan fingerprint density at radius 3 is 2.68 bits per heavy atom. The molecule has 2 N–H and O–H groups in total. The summed E-state index contributed by atoms with van der Waals surface area (Å²) in [5.74, 6) is 0.389. The Bertz CT molecular complexity index is 419. The van der Waals surface area contributed by atoms with Gasteiger partial charge in [0.05, 0.1) is 6.61 Å². The third kappa shape index (κ3) is 3.35. The summed E-state index contributed by atoms with van der Waals surface area (Å²) < 4.78 is 0. The highest BCUT2D eigenvalue weighted by molar-refractivity contribution is 5.33. The summed E-state index contributed by atoms with van der Waals surface area (Å²) >= 11 is 0. The first-order valence-electron chi connectivity index (χ1n) is 7.18. The van der Waals surface area contributed by atoms with Crippen molar-refractivity contribution in [3.05, 3.63) is 34.9 Å². The molecule has 3 nitrogen and oxygen atoms in total. The molecule has 0 bridgehead atoms. The van der Waals surface area contributed by atoms with Crippen LogP contribution < -0.4 is 0 Å². The topological polar surface area (TPSA) is 43.7 Å². The van der Waals surface area contributed by atoms with Crippen LogP contribution in [0.25, 0.3) is 0 Å². The monoisotopic (exact) mass is 263 g/mol. The lowest BCUT2D eigenvalue weighted by Gasteiger charge is -2.39. The van der Waals surface area contributed by atoms with Gasteiger partial charge >= 0.3 is 0 Å². The molecule has 2 unspecified atom stereocenters. The molecule has 1 aromatic carbocycles. The predicted octanol–water partition coefficient (Wildman–Crippen LogP) is 2.04. The maximum atomic E-state index is 9.42. The summed E-state index contributed by atoms with van der Waals surface area (Å²) in [6.07, 6.45) is 2.01. The highest BCUT2D eigenvalue weighted by Crippen LogP contribution is 2.35. The van der Waals surface area contributed by atoms with Crippen molar-refractivity contribution in [3.8, 4) is 0 Å². The Kier molecular flexibility index (Phi) is 4.97. The van der Waals surface area contributed by atoms with Crippen LogP contribution in [-0.2, 0) is 0 Å². The van der Waals surface area contributed by atoms with E-state index in [1.165, 1.54) is 16.7 Å². The van der Waals surface area contributed by atoms with Crippen molar-refractivity contribution in [3.63, 3.8) is 0 Å². The lowest BCUT2D eigenvalue weighted by Crippen LogP contribution is -2.39. The van der Waals surface area contributed by atoms with Crippen molar-refractivity contribution in [1.82, 2.24) is 4.90 Å². The molecular weight excluding hydrogens is 238 g/mol. The lowest BCUT2D eigenvalue weighted by molar-refractivity contribution is 0.0659. The van der Waals surface area contributed by atoms with Gasteiger partial charge in [-0.05, 0) is 50.3 Å². The molecule has 1 saturated heterocycles. The fourth-order valence-corrected chi connectivity index (χ4v) is 3.17. The predicted molar refractivity (Wildman–Crippen MR) is 77.1 cm³/mol. The zero-order valence-electron chi connectivity index (χ0n) is 12.0. The molecule has 0 radical (unpaired) electrons. The smallest absolute Gasteiger partial charge is 0.0558 e. The summed E-state index contributed by atoms with van der Waals surface area (Å²) in [5, 5.41) is 18.6. The van der Waals surface area contributed by atoms with Crippen LogP contribution in [0, 0.1) is 19.8 Å². The number of aryl methyl sites for hydroxylation is 2. The third-order valence-electron chi connectivity index (χ3n) is 4.25. The molecule has 1 fully saturated rings. The molecule has 1 aromatic rings. The highest BCUT2D eigenvalue weighted by atomic mass is 16.3. The maximum Gasteiger partial charge on any atom is 0.0558 e. The first-order valence-corrected chi connectivity index (χ1v) is 7.18. The molecule has 0 aromatic heterocycles. The Morgan fingerprint density at radius 1 is 1.26 bits per heavy atom. The minimum absolute atomic E-state index is 0.200. The second-order valence-corrected chi connectivity index (χ2v) is 5.71. The average Bonchev–Trinajstić information content (AvgIpc) is 2.40. The SMILES string of the molecule is Cc1ccc(C2CC(CO)CCN2CCO)c(C)c1. The standard InChI is InChI=1S/C16H25NO2/c1-12-3-4-15(13(2)9-12)16-10-14(11-19)5-6-17(16)7-8-18/h3-4,9,14,16,18-19H,5-8,10-11H2,1-2H3. The van der Waals surface area contributed by atoms with Crippen molar-refractivity contribution in [1.29, 1.82) is 0 Å². The van der Waals surface area contributed by atoms with Crippen LogP contribution in [0.5, 0.6) is 0 Å². The number of nitrogens with zero attached hydrogens (tertiary/aromatic N) is 1. The van der Waals surface area contributed by atoms with E-state index < -0.39 is 0 Å². The van der Waals surface area contributed by atoms with Crippen LogP contribution in [0.4, 0.5) is 0 Å². The molecule has 2 atom stereocenters. The van der Waals surface area contributed by atoms with Gasteiger partial charge in [0.15, 0.2) is 0 Å². The van der Waals surface area contributed by atoms with E-state index in [2.05, 4.69) is 36.9 Å². The number of aliphatic hydroxyl groups is 2. The van der Waals surface area contributed by atoms with E-state index in [0.29, 0.717) is 12.0 Å². The summed E-state index contributed by atoms with van der Waals surface area (Å²) in [6.45, 7) is 6.42. The van der Waals surface area contributed by atoms with Gasteiger partial charge in [-0.2, -0.15) is 0 Å². The molecule has 2 rings (SSSR count). The minimum atomic E-state index is 0.200. The Hall–Kier alpha value is -0.900. The molecule has 0 spiro atoms. The number of aliphatic hydroxyl groups excluding tert-OH is 2. The molecule has 106 valence electrons. The normalized spacial score (nSPS) is 24.6. The number of hydrogen-bond donors (Lipinski definition) is 2. The number of benzene rings is 1. The fourth-order valence-electron chi connectivity index (χ4n) is 3.17. The van der Waals surface area contributed by atoms with E-state index in [-0.39, 0.29) is 13.2 Å². The largest absolute Gasteiger partial charge is 0.396 e. The third-order valence-corrected chi connectivity index (χ3v) is 4.25. The van der Waals surface area contributed by atoms with Crippen LogP contribution in [-0.4, -0.2) is 41.4 Å². The lowest BCUT2D eigenvalue weighted by atomic mass is 9.85. The summed E-state index contributed by atoms with van der Waals surface area (Å²) in [7, 11) is 0. The molecule has 19 heavy (non-hydrogen) atoms. The highest BCUT2D eigenvalue weighted by Gasteiger charge is 2.29. The summed E-state index contributed by atoms with van der Waals surface area (Å²) in [6, 6.07) is 6.91. The van der Waals surface area contributed by atoms with Crippen LogP contribution in [0.2, 0.25) is 0 Å². The van der Waals surface area contributed by atoms with Crippen molar-refractivity contribution in [2.75, 3.05) is 26.3 Å². The van der Waals surface area contributed by atoms with E-state index >= 15 is 0 Å². The van der Waals surface area contributed by atoms with Gasteiger partial charge in [0.25, 0.3) is 0 Å². The molecule has 1 aliphatic rings. The van der Waals surface area contributed by atoms with Crippen molar-refractivity contribution < 1.29 is 10.2 Å². The first-order chi connectivity index (χ1) is 9.15. The van der Waals surface area contributed by atoms with E-state index in [9.17, 15) is 10.2 Å². The Balaban J connectivity index is 2.25. The van der Waals surface area contributed by atoms with Gasteiger partial charge in [-0.1, -0.05) is 23.8 Å². The van der Waals surface area contributed by atoms with Crippen LogP contribution in [0.1, 0.15) is 35.6 Å². The number of β-amino-alcohol motifs (C(OH)–C–C–N with tert-alkyl or cyclic N) is 1. The van der Waals surface area contributed by atoms with E-state index in [1.54, 1.807) is 0 Å². The summed E-state index contributed by atoms with van der Waals surface area (Å²) in [4.78, 5) is 2.35. The Morgan fingerprint density at radius 2 is 2.05 bits per heavy atom. The van der Waals surface area contributed by atoms with Gasteiger partial charge in [-0.3, -0.25) is 4.90 Å². The molecule has 1 aliphatic heterocycles. The van der Waals surface area contributed by atoms with Gasteiger partial charge in [0.1, 0.15) is 0 Å². The Labute approximate surface area is 115 Å². The van der Waals surface area contributed by atoms with E-state index in [1.807, 2.05) is 0 Å². The van der Waals surface area contributed by atoms with Crippen molar-refractivity contribution in [2.24, 2.45) is 5.92 Å². The molecule has 3 heteroatoms. The second kappa shape index (κ2) is 6.51. The molecule has 0 aliphatic carbocycles. The van der Waals surface area contributed by atoms with Gasteiger partial charge in [0, 0.05) is 19.2 Å². The van der Waals surface area contributed by atoms with Gasteiger partial charge in [-0.15, -0.1) is 0 Å². The van der Waals surface area contributed by atoms with Crippen molar-refractivity contribution in [2.45, 2.75) is 32.7 Å². The fraction of sp³-hybridized carbons (Fsp3) is 0.625. The summed E-state index contributed by atoms with van der Waals surface area (Å²) in [5.41, 5.74) is 3.94. The molecule has 0 saturated carbocycles. The van der Waals surface area contributed by atoms with E-state index in [0.717, 1.165) is 25.9 Å². The second-order valence-electron chi connectivity index (χ2n) is 5.71. The quantitative estimate of drug-likeness (QED) is 0.873. The molecular formula is C16H25NO2. The maximum absolute atomic E-state index is 9.42. The molecule has 1 heterocycles. The van der Waals surface area contributed by atoms with E-state index in [4.69, 9.17) is 0 Å². The number of rotatable bonds is 4. The number of piperidine rings is 1. The molecule has 0 amide bonds. The van der Waals surface area contributed by atoms with Gasteiger partial charge in [0.2, 0.25) is 0 Å². The van der Waals surface area contributed by atoms with Gasteiger partial charge in [-0.25, -0.2) is 0 Å². The number of hydrogen-bond acceptors (Lipinski definition) is 3. The average molecular weight is 263 g/mol. The van der Waals surface area contributed by atoms with Crippen LogP contribution in [0.15, 0.2) is 18.2 Å². The van der Waals surface area contributed by atoms with Gasteiger partial charge < -0.3 is 10.2 Å². The van der Waals surface area contributed by atoms with Crippen LogP contribution >= 0.6 is 0 Å².